The summed E-state index contributed by atoms with van der Waals surface area (Å²) in [6, 6.07) is 3.21. The number of halogens is 2. The van der Waals surface area contributed by atoms with Crippen molar-refractivity contribution in [2.75, 3.05) is 0 Å². The Morgan fingerprint density at radius 2 is 1.94 bits per heavy atom. The van der Waals surface area contributed by atoms with E-state index in [-0.39, 0.29) is 11.3 Å². The van der Waals surface area contributed by atoms with Gasteiger partial charge in [-0.3, -0.25) is 0 Å². The summed E-state index contributed by atoms with van der Waals surface area (Å²) in [4.78, 5) is 15.1. The summed E-state index contributed by atoms with van der Waals surface area (Å²) < 4.78 is 26.0. The lowest BCUT2D eigenvalue weighted by molar-refractivity contribution is 0.0701. The van der Waals surface area contributed by atoms with Crippen LogP contribution in [-0.4, -0.2) is 16.1 Å². The van der Waals surface area contributed by atoms with Crippen LogP contribution >= 0.6 is 11.3 Å². The molecule has 0 aliphatic carbocycles. The maximum absolute atomic E-state index is 13.0. The van der Waals surface area contributed by atoms with E-state index in [0.717, 1.165) is 17.4 Å². The van der Waals surface area contributed by atoms with Crippen molar-refractivity contribution in [2.24, 2.45) is 0 Å². The number of carboxylic acid groups (broad SMARTS) is 1. The summed E-state index contributed by atoms with van der Waals surface area (Å²) in [7, 11) is 0. The minimum Gasteiger partial charge on any atom is -0.477 e. The van der Waals surface area contributed by atoms with Gasteiger partial charge in [0.1, 0.15) is 16.5 Å². The number of aromatic carboxylic acids is 1. The lowest BCUT2D eigenvalue weighted by atomic mass is 10.1. The van der Waals surface area contributed by atoms with E-state index >= 15 is 0 Å². The van der Waals surface area contributed by atoms with E-state index in [1.165, 1.54) is 12.1 Å². The van der Waals surface area contributed by atoms with Crippen LogP contribution in [0.1, 0.15) is 25.9 Å². The molecule has 0 spiro atoms. The second-order valence-corrected chi connectivity index (χ2v) is 4.87. The van der Waals surface area contributed by atoms with Gasteiger partial charge in [0.2, 0.25) is 0 Å². The zero-order chi connectivity index (χ0) is 13.3. The molecule has 0 radical (unpaired) electrons. The quantitative estimate of drug-likeness (QED) is 0.931. The van der Waals surface area contributed by atoms with Gasteiger partial charge in [0.25, 0.3) is 0 Å². The van der Waals surface area contributed by atoms with E-state index in [1.54, 1.807) is 6.92 Å². The molecular formula is C12H9F2NO2S. The molecule has 0 unspecified atom stereocenters. The normalized spacial score (nSPS) is 10.6. The van der Waals surface area contributed by atoms with Crippen LogP contribution in [0.25, 0.3) is 0 Å². The van der Waals surface area contributed by atoms with E-state index in [2.05, 4.69) is 4.98 Å². The van der Waals surface area contributed by atoms with Crippen molar-refractivity contribution in [3.63, 3.8) is 0 Å². The average molecular weight is 269 g/mol. The first kappa shape index (κ1) is 12.6. The van der Waals surface area contributed by atoms with Crippen LogP contribution in [0.15, 0.2) is 18.2 Å². The Labute approximate surface area is 106 Å². The van der Waals surface area contributed by atoms with Crippen LogP contribution in [0, 0.1) is 18.6 Å². The van der Waals surface area contributed by atoms with E-state index < -0.39 is 17.6 Å². The van der Waals surface area contributed by atoms with Gasteiger partial charge in [0, 0.05) is 12.5 Å². The van der Waals surface area contributed by atoms with Crippen LogP contribution in [0.2, 0.25) is 0 Å². The molecule has 1 aromatic carbocycles. The van der Waals surface area contributed by atoms with Gasteiger partial charge >= 0.3 is 5.97 Å². The van der Waals surface area contributed by atoms with Crippen molar-refractivity contribution in [2.45, 2.75) is 13.3 Å². The van der Waals surface area contributed by atoms with E-state index in [9.17, 15) is 13.6 Å². The lowest BCUT2D eigenvalue weighted by Gasteiger charge is -1.98. The molecule has 2 rings (SSSR count). The molecule has 0 aliphatic rings. The van der Waals surface area contributed by atoms with Gasteiger partial charge in [-0.1, -0.05) is 0 Å². The molecule has 1 heterocycles. The second-order valence-electron chi connectivity index (χ2n) is 3.78. The number of carboxylic acids is 1. The summed E-state index contributed by atoms with van der Waals surface area (Å²) in [6.07, 6.45) is 0.216. The Balaban J connectivity index is 2.28. The zero-order valence-electron chi connectivity index (χ0n) is 9.41. The summed E-state index contributed by atoms with van der Waals surface area (Å²) in [6.45, 7) is 1.59. The minimum atomic E-state index is -1.04. The third-order valence-corrected chi connectivity index (χ3v) is 3.46. The Hall–Kier alpha value is -1.82. The SMILES string of the molecule is Cc1nc(Cc2cc(F)cc(F)c2)sc1C(=O)O. The van der Waals surface area contributed by atoms with Crippen molar-refractivity contribution >= 4 is 17.3 Å². The number of benzene rings is 1. The van der Waals surface area contributed by atoms with Gasteiger partial charge in [-0.15, -0.1) is 11.3 Å². The monoisotopic (exact) mass is 269 g/mol. The summed E-state index contributed by atoms with van der Waals surface area (Å²) in [5.74, 6) is -2.35. The zero-order valence-corrected chi connectivity index (χ0v) is 10.2. The molecule has 94 valence electrons. The number of aromatic nitrogens is 1. The fourth-order valence-corrected chi connectivity index (χ4v) is 2.55. The van der Waals surface area contributed by atoms with Crippen LogP contribution in [0.3, 0.4) is 0 Å². The Kier molecular flexibility index (Phi) is 3.38. The summed E-state index contributed by atoms with van der Waals surface area (Å²) in [5, 5.41) is 9.41. The molecule has 0 atom stereocenters. The highest BCUT2D eigenvalue weighted by Gasteiger charge is 2.14. The topological polar surface area (TPSA) is 50.2 Å². The number of carbonyl (C=O) groups is 1. The highest BCUT2D eigenvalue weighted by atomic mass is 32.1. The third kappa shape index (κ3) is 2.70. The predicted octanol–water partition coefficient (Wildman–Crippen LogP) is 3.02. The number of hydrogen-bond acceptors (Lipinski definition) is 3. The number of aryl methyl sites for hydroxylation is 1. The number of thiazole rings is 1. The molecule has 0 fully saturated rings. The fourth-order valence-electron chi connectivity index (χ4n) is 1.61. The van der Waals surface area contributed by atoms with Gasteiger partial charge in [0.05, 0.1) is 10.7 Å². The molecule has 0 saturated carbocycles. The molecule has 6 heteroatoms. The van der Waals surface area contributed by atoms with Crippen molar-refractivity contribution in [3.05, 3.63) is 51.0 Å². The number of hydrogen-bond donors (Lipinski definition) is 1. The molecule has 0 aliphatic heterocycles. The van der Waals surface area contributed by atoms with Gasteiger partial charge in [-0.05, 0) is 24.6 Å². The first-order valence-corrected chi connectivity index (χ1v) is 5.92. The molecule has 2 aromatic rings. The highest BCUT2D eigenvalue weighted by Crippen LogP contribution is 2.21. The highest BCUT2D eigenvalue weighted by molar-refractivity contribution is 7.13. The lowest BCUT2D eigenvalue weighted by Crippen LogP contribution is -1.94. The molecule has 1 N–H and O–H groups in total. The van der Waals surface area contributed by atoms with E-state index in [4.69, 9.17) is 5.11 Å². The molecule has 0 bridgehead atoms. The first-order chi connectivity index (χ1) is 8.45. The Bertz CT molecular complexity index is 590. The van der Waals surface area contributed by atoms with Crippen molar-refractivity contribution in [1.82, 2.24) is 4.98 Å². The molecule has 18 heavy (non-hydrogen) atoms. The smallest absolute Gasteiger partial charge is 0.347 e. The molecule has 3 nitrogen and oxygen atoms in total. The summed E-state index contributed by atoms with van der Waals surface area (Å²) >= 11 is 1.02. The van der Waals surface area contributed by atoms with Crippen molar-refractivity contribution in [3.8, 4) is 0 Å². The van der Waals surface area contributed by atoms with Crippen molar-refractivity contribution in [1.29, 1.82) is 0 Å². The van der Waals surface area contributed by atoms with Crippen LogP contribution in [-0.2, 0) is 6.42 Å². The Morgan fingerprint density at radius 1 is 1.33 bits per heavy atom. The van der Waals surface area contributed by atoms with Gasteiger partial charge in [-0.2, -0.15) is 0 Å². The van der Waals surface area contributed by atoms with E-state index in [1.807, 2.05) is 0 Å². The first-order valence-electron chi connectivity index (χ1n) is 5.10. The van der Waals surface area contributed by atoms with Gasteiger partial charge in [-0.25, -0.2) is 18.6 Å². The maximum Gasteiger partial charge on any atom is 0.347 e. The maximum atomic E-state index is 13.0. The van der Waals surface area contributed by atoms with Crippen LogP contribution in [0.4, 0.5) is 8.78 Å². The summed E-state index contributed by atoms with van der Waals surface area (Å²) in [5.41, 5.74) is 0.845. The van der Waals surface area contributed by atoms with E-state index in [0.29, 0.717) is 16.3 Å². The third-order valence-electron chi connectivity index (χ3n) is 2.31. The molecule has 0 amide bonds. The standard InChI is InChI=1S/C12H9F2NO2S/c1-6-11(12(16)17)18-10(15-6)4-7-2-8(13)5-9(14)3-7/h2-3,5H,4H2,1H3,(H,16,17). The molecule has 1 aromatic heterocycles. The number of rotatable bonds is 3. The minimum absolute atomic E-state index is 0.155. The van der Waals surface area contributed by atoms with Crippen LogP contribution in [0.5, 0.6) is 0 Å². The Morgan fingerprint density at radius 3 is 2.44 bits per heavy atom. The number of nitrogens with zero attached hydrogens (tertiary/aromatic N) is 1. The predicted molar refractivity (Wildman–Crippen MR) is 63.0 cm³/mol. The fraction of sp³-hybridized carbons (Fsp3) is 0.167. The van der Waals surface area contributed by atoms with Crippen LogP contribution < -0.4 is 0 Å². The van der Waals surface area contributed by atoms with Gasteiger partial charge in [0.15, 0.2) is 0 Å². The largest absolute Gasteiger partial charge is 0.477 e. The average Bonchev–Trinajstić information content (AvgIpc) is 2.57. The molecule has 0 saturated heterocycles. The van der Waals surface area contributed by atoms with Gasteiger partial charge < -0.3 is 5.11 Å². The van der Waals surface area contributed by atoms with Crippen molar-refractivity contribution < 1.29 is 18.7 Å². The molecular weight excluding hydrogens is 260 g/mol. The second kappa shape index (κ2) is 4.81.